The standard InChI is InChI=1S/C20H15ClF3N5O5/c1-11-4-12(7-25)5-16(27-11)34-17-18(20(22,23)24)26-10-28(19(17)31)8-13-6-14(21)15(9-29(13)32)33-3-2-30/h4-6,9-10,30H,2-3,8H2,1H3. The summed E-state index contributed by atoms with van der Waals surface area (Å²) in [6, 6.07) is 5.42. The first kappa shape index (κ1) is 24.7. The Morgan fingerprint density at radius 3 is 2.74 bits per heavy atom. The van der Waals surface area contributed by atoms with Gasteiger partial charge in [0.25, 0.3) is 5.56 Å². The molecule has 3 heterocycles. The van der Waals surface area contributed by atoms with Crippen LogP contribution in [0.25, 0.3) is 0 Å². The smallest absolute Gasteiger partial charge is 0.437 e. The molecule has 0 saturated carbocycles. The molecule has 3 rings (SSSR count). The van der Waals surface area contributed by atoms with Crippen molar-refractivity contribution in [1.29, 1.82) is 5.26 Å². The van der Waals surface area contributed by atoms with E-state index in [0.717, 1.165) is 22.9 Å². The average Bonchev–Trinajstić information content (AvgIpc) is 2.76. The van der Waals surface area contributed by atoms with Gasteiger partial charge < -0.3 is 19.8 Å². The summed E-state index contributed by atoms with van der Waals surface area (Å²) in [7, 11) is 0. The lowest BCUT2D eigenvalue weighted by molar-refractivity contribution is -0.614. The van der Waals surface area contributed by atoms with Gasteiger partial charge in [0.05, 0.1) is 29.6 Å². The third-order valence-corrected chi connectivity index (χ3v) is 4.55. The van der Waals surface area contributed by atoms with Gasteiger partial charge >= 0.3 is 6.18 Å². The largest absolute Gasteiger partial charge is 0.618 e. The first-order valence-electron chi connectivity index (χ1n) is 9.42. The minimum Gasteiger partial charge on any atom is -0.618 e. The van der Waals surface area contributed by atoms with E-state index in [1.165, 1.54) is 13.0 Å². The monoisotopic (exact) mass is 497 g/mol. The summed E-state index contributed by atoms with van der Waals surface area (Å²) in [5, 5.41) is 30.2. The van der Waals surface area contributed by atoms with Crippen LogP contribution in [-0.2, 0) is 12.7 Å². The maximum absolute atomic E-state index is 13.5. The number of rotatable bonds is 7. The Morgan fingerprint density at radius 2 is 2.09 bits per heavy atom. The summed E-state index contributed by atoms with van der Waals surface area (Å²) >= 11 is 6.04. The van der Waals surface area contributed by atoms with Gasteiger partial charge in [-0.15, -0.1) is 0 Å². The lowest BCUT2D eigenvalue weighted by Crippen LogP contribution is -2.35. The topological polar surface area (TPSA) is 137 Å². The molecule has 1 N–H and O–H groups in total. The molecule has 0 aromatic carbocycles. The van der Waals surface area contributed by atoms with Gasteiger partial charge in [0.15, 0.2) is 5.69 Å². The molecule has 0 spiro atoms. The Balaban J connectivity index is 2.05. The van der Waals surface area contributed by atoms with Crippen LogP contribution in [0, 0.1) is 23.5 Å². The third-order valence-electron chi connectivity index (χ3n) is 4.26. The lowest BCUT2D eigenvalue weighted by atomic mass is 10.2. The second kappa shape index (κ2) is 9.94. The first-order valence-corrected chi connectivity index (χ1v) is 9.79. The molecule has 0 unspecified atom stereocenters. The van der Waals surface area contributed by atoms with Gasteiger partial charge in [-0.05, 0) is 13.0 Å². The van der Waals surface area contributed by atoms with Crippen LogP contribution >= 0.6 is 11.6 Å². The van der Waals surface area contributed by atoms with Gasteiger partial charge in [0.1, 0.15) is 13.2 Å². The fourth-order valence-corrected chi connectivity index (χ4v) is 3.05. The second-order valence-electron chi connectivity index (χ2n) is 6.78. The number of alkyl halides is 3. The average molecular weight is 498 g/mol. The van der Waals surface area contributed by atoms with Gasteiger partial charge in [-0.3, -0.25) is 9.36 Å². The number of nitriles is 1. The summed E-state index contributed by atoms with van der Waals surface area (Å²) in [4.78, 5) is 20.1. The molecule has 14 heteroatoms. The molecule has 0 saturated heterocycles. The first-order chi connectivity index (χ1) is 16.0. The summed E-state index contributed by atoms with van der Waals surface area (Å²) < 4.78 is 51.8. The van der Waals surface area contributed by atoms with E-state index in [9.17, 15) is 23.2 Å². The van der Waals surface area contributed by atoms with Crippen molar-refractivity contribution < 1.29 is 32.5 Å². The van der Waals surface area contributed by atoms with Gasteiger partial charge in [-0.1, -0.05) is 11.6 Å². The van der Waals surface area contributed by atoms with Gasteiger partial charge in [-0.2, -0.15) is 23.2 Å². The van der Waals surface area contributed by atoms with E-state index in [1.54, 1.807) is 0 Å². The van der Waals surface area contributed by atoms with Crippen molar-refractivity contribution >= 4 is 11.6 Å². The van der Waals surface area contributed by atoms with Gasteiger partial charge in [-0.25, -0.2) is 9.97 Å². The van der Waals surface area contributed by atoms with E-state index in [-0.39, 0.29) is 40.9 Å². The fraction of sp³-hybridized carbons (Fsp3) is 0.250. The van der Waals surface area contributed by atoms with Crippen LogP contribution in [0.15, 0.2) is 35.5 Å². The van der Waals surface area contributed by atoms with Crippen LogP contribution in [-0.4, -0.2) is 32.9 Å². The molecule has 0 atom stereocenters. The number of hydrogen-bond donors (Lipinski definition) is 1. The summed E-state index contributed by atoms with van der Waals surface area (Å²) in [6.07, 6.45) is -3.47. The van der Waals surface area contributed by atoms with E-state index in [1.807, 2.05) is 6.07 Å². The van der Waals surface area contributed by atoms with Crippen LogP contribution in [0.5, 0.6) is 17.4 Å². The highest BCUT2D eigenvalue weighted by molar-refractivity contribution is 6.32. The maximum Gasteiger partial charge on any atom is 0.437 e. The number of pyridine rings is 2. The molecule has 0 fully saturated rings. The molecule has 0 radical (unpaired) electrons. The molecule has 0 aliphatic heterocycles. The number of aliphatic hydroxyl groups is 1. The quantitative estimate of drug-likeness (QED) is 0.388. The van der Waals surface area contributed by atoms with Crippen LogP contribution in [0.3, 0.4) is 0 Å². The maximum atomic E-state index is 13.5. The molecular weight excluding hydrogens is 483 g/mol. The fourth-order valence-electron chi connectivity index (χ4n) is 2.82. The van der Waals surface area contributed by atoms with Crippen LogP contribution in [0.2, 0.25) is 5.02 Å². The Kier molecular flexibility index (Phi) is 7.23. The van der Waals surface area contributed by atoms with E-state index in [4.69, 9.17) is 31.4 Å². The molecular formula is C20H15ClF3N5O5. The van der Waals surface area contributed by atoms with Crippen LogP contribution < -0.4 is 19.8 Å². The van der Waals surface area contributed by atoms with Crippen LogP contribution in [0.1, 0.15) is 22.6 Å². The molecule has 0 aliphatic rings. The molecule has 0 aliphatic carbocycles. The van der Waals surface area contributed by atoms with Crippen molar-refractivity contribution in [2.24, 2.45) is 0 Å². The van der Waals surface area contributed by atoms with Crippen molar-refractivity contribution in [2.75, 3.05) is 13.2 Å². The predicted octanol–water partition coefficient (Wildman–Crippen LogP) is 2.34. The number of aliphatic hydroxyl groups excluding tert-OH is 1. The zero-order valence-electron chi connectivity index (χ0n) is 17.3. The zero-order chi connectivity index (χ0) is 25.0. The van der Waals surface area contributed by atoms with Crippen molar-refractivity contribution in [3.8, 4) is 23.4 Å². The van der Waals surface area contributed by atoms with Crippen LogP contribution in [0.4, 0.5) is 13.2 Å². The van der Waals surface area contributed by atoms with Gasteiger partial charge in [0.2, 0.25) is 29.3 Å². The molecule has 34 heavy (non-hydrogen) atoms. The van der Waals surface area contributed by atoms with E-state index in [0.29, 0.717) is 11.1 Å². The molecule has 178 valence electrons. The van der Waals surface area contributed by atoms with E-state index < -0.39 is 35.6 Å². The molecule has 10 nitrogen and oxygen atoms in total. The Morgan fingerprint density at radius 1 is 1.35 bits per heavy atom. The van der Waals surface area contributed by atoms with E-state index in [2.05, 4.69) is 9.97 Å². The van der Waals surface area contributed by atoms with Crippen molar-refractivity contribution in [2.45, 2.75) is 19.6 Å². The minimum absolute atomic E-state index is 0.0204. The highest BCUT2D eigenvalue weighted by atomic mass is 35.5. The number of hydrogen-bond acceptors (Lipinski definition) is 8. The number of aryl methyl sites for hydroxylation is 1. The molecule has 0 amide bonds. The summed E-state index contributed by atoms with van der Waals surface area (Å²) in [6.45, 7) is 0.541. The number of halogens is 4. The lowest BCUT2D eigenvalue weighted by Gasteiger charge is -2.15. The third kappa shape index (κ3) is 5.53. The Bertz CT molecular complexity index is 1320. The number of aromatic nitrogens is 4. The number of nitrogens with zero attached hydrogens (tertiary/aromatic N) is 5. The Labute approximate surface area is 194 Å². The predicted molar refractivity (Wildman–Crippen MR) is 109 cm³/mol. The van der Waals surface area contributed by atoms with E-state index >= 15 is 0 Å². The molecule has 3 aromatic heterocycles. The SMILES string of the molecule is Cc1cc(C#N)cc(Oc2c(C(F)(F)F)ncn(Cc3cc(Cl)c(OCCO)c[n+]3[O-])c2=O)n1. The van der Waals surface area contributed by atoms with Crippen molar-refractivity contribution in [1.82, 2.24) is 14.5 Å². The molecule has 3 aromatic rings. The summed E-state index contributed by atoms with van der Waals surface area (Å²) in [5.74, 6) is -1.62. The Hall–Kier alpha value is -3.89. The zero-order valence-corrected chi connectivity index (χ0v) is 18.1. The highest BCUT2D eigenvalue weighted by Crippen LogP contribution is 2.34. The van der Waals surface area contributed by atoms with Crippen molar-refractivity contribution in [3.05, 3.63) is 74.0 Å². The highest BCUT2D eigenvalue weighted by Gasteiger charge is 2.39. The van der Waals surface area contributed by atoms with Gasteiger partial charge in [0, 0.05) is 17.8 Å². The normalized spacial score (nSPS) is 11.2. The van der Waals surface area contributed by atoms with Crippen molar-refractivity contribution in [3.63, 3.8) is 0 Å². The summed E-state index contributed by atoms with van der Waals surface area (Å²) in [5.41, 5.74) is -2.63. The second-order valence-corrected chi connectivity index (χ2v) is 7.18. The molecule has 0 bridgehead atoms. The minimum atomic E-state index is -5.04. The number of ether oxygens (including phenoxy) is 2.